The van der Waals surface area contributed by atoms with E-state index >= 15 is 0 Å². The molecule has 1 unspecified atom stereocenters. The molecule has 0 radical (unpaired) electrons. The van der Waals surface area contributed by atoms with Gasteiger partial charge in [-0.25, -0.2) is 0 Å². The quantitative estimate of drug-likeness (QED) is 0.0261. The highest BCUT2D eigenvalue weighted by atomic mass is 16.6. The average molecular weight is 990 g/mol. The molecular formula is C65H112O6. The van der Waals surface area contributed by atoms with Gasteiger partial charge < -0.3 is 14.2 Å². The zero-order chi connectivity index (χ0) is 51.4. The van der Waals surface area contributed by atoms with E-state index in [2.05, 4.69) is 106 Å². The first-order chi connectivity index (χ1) is 35.0. The monoisotopic (exact) mass is 989 g/mol. The largest absolute Gasteiger partial charge is 0.462 e. The van der Waals surface area contributed by atoms with Gasteiger partial charge in [0.2, 0.25) is 0 Å². The van der Waals surface area contributed by atoms with E-state index in [9.17, 15) is 14.4 Å². The maximum atomic E-state index is 12.9. The molecule has 0 aromatic carbocycles. The van der Waals surface area contributed by atoms with Crippen LogP contribution in [0.3, 0.4) is 0 Å². The molecule has 0 N–H and O–H groups in total. The minimum atomic E-state index is -0.791. The van der Waals surface area contributed by atoms with Gasteiger partial charge in [-0.3, -0.25) is 14.4 Å². The van der Waals surface area contributed by atoms with Crippen LogP contribution in [0.5, 0.6) is 0 Å². The van der Waals surface area contributed by atoms with Gasteiger partial charge in [0.05, 0.1) is 0 Å². The number of hydrogen-bond donors (Lipinski definition) is 0. The molecule has 6 heteroatoms. The van der Waals surface area contributed by atoms with Crippen LogP contribution in [0.4, 0.5) is 0 Å². The lowest BCUT2D eigenvalue weighted by Crippen LogP contribution is -2.30. The van der Waals surface area contributed by atoms with Crippen LogP contribution in [-0.2, 0) is 28.6 Å². The molecule has 1 atom stereocenters. The summed E-state index contributed by atoms with van der Waals surface area (Å²) in [6.45, 7) is 6.49. The molecule has 0 amide bonds. The van der Waals surface area contributed by atoms with E-state index in [1.807, 2.05) is 0 Å². The number of esters is 3. The predicted octanol–water partition coefficient (Wildman–Crippen LogP) is 20.3. The van der Waals surface area contributed by atoms with Crippen molar-refractivity contribution in [1.29, 1.82) is 0 Å². The first kappa shape index (κ1) is 67.6. The molecule has 6 nitrogen and oxygen atoms in total. The molecule has 0 saturated carbocycles. The van der Waals surface area contributed by atoms with Crippen molar-refractivity contribution >= 4 is 17.9 Å². The lowest BCUT2D eigenvalue weighted by atomic mass is 10.1. The molecule has 0 fully saturated rings. The third-order valence-corrected chi connectivity index (χ3v) is 12.9. The van der Waals surface area contributed by atoms with Crippen LogP contribution in [0, 0.1) is 0 Å². The summed E-state index contributed by atoms with van der Waals surface area (Å²) in [7, 11) is 0. The Morgan fingerprint density at radius 1 is 0.296 bits per heavy atom. The molecule has 0 aliphatic rings. The summed E-state index contributed by atoms with van der Waals surface area (Å²) in [6, 6.07) is 0. The van der Waals surface area contributed by atoms with Crippen molar-refractivity contribution in [3.63, 3.8) is 0 Å². The third-order valence-electron chi connectivity index (χ3n) is 12.9. The first-order valence-corrected chi connectivity index (χ1v) is 30.1. The fraction of sp³-hybridized carbons (Fsp3) is 0.738. The van der Waals surface area contributed by atoms with Crippen molar-refractivity contribution in [3.8, 4) is 0 Å². The lowest BCUT2D eigenvalue weighted by molar-refractivity contribution is -0.167. The van der Waals surface area contributed by atoms with E-state index in [1.54, 1.807) is 0 Å². The van der Waals surface area contributed by atoms with E-state index in [0.717, 1.165) is 109 Å². The fourth-order valence-electron chi connectivity index (χ4n) is 8.34. The zero-order valence-corrected chi connectivity index (χ0v) is 46.7. The summed E-state index contributed by atoms with van der Waals surface area (Å²) in [4.78, 5) is 38.2. The van der Waals surface area contributed by atoms with Crippen molar-refractivity contribution in [2.75, 3.05) is 13.2 Å². The smallest absolute Gasteiger partial charge is 0.306 e. The van der Waals surface area contributed by atoms with Gasteiger partial charge in [0.15, 0.2) is 6.10 Å². The van der Waals surface area contributed by atoms with Gasteiger partial charge in [-0.05, 0) is 116 Å². The minimum absolute atomic E-state index is 0.0871. The molecule has 0 aromatic rings. The van der Waals surface area contributed by atoms with Crippen LogP contribution >= 0.6 is 0 Å². The summed E-state index contributed by atoms with van der Waals surface area (Å²) in [5, 5.41) is 0. The number of ether oxygens (including phenoxy) is 3. The van der Waals surface area contributed by atoms with Gasteiger partial charge in [0, 0.05) is 19.3 Å². The van der Waals surface area contributed by atoms with Gasteiger partial charge in [-0.2, -0.15) is 0 Å². The highest BCUT2D eigenvalue weighted by molar-refractivity contribution is 5.71. The number of rotatable bonds is 54. The van der Waals surface area contributed by atoms with Crippen molar-refractivity contribution in [2.24, 2.45) is 0 Å². The molecule has 0 aliphatic heterocycles. The van der Waals surface area contributed by atoms with Crippen LogP contribution in [0.15, 0.2) is 85.1 Å². The molecule has 0 bridgehead atoms. The highest BCUT2D eigenvalue weighted by Crippen LogP contribution is 2.15. The maximum absolute atomic E-state index is 12.9. The zero-order valence-electron chi connectivity index (χ0n) is 46.7. The number of hydrogen-bond acceptors (Lipinski definition) is 6. The third kappa shape index (κ3) is 57.4. The Bertz CT molecular complexity index is 1370. The summed E-state index contributed by atoms with van der Waals surface area (Å²) in [5.74, 6) is -0.907. The van der Waals surface area contributed by atoms with Gasteiger partial charge in [0.25, 0.3) is 0 Å². The van der Waals surface area contributed by atoms with E-state index in [-0.39, 0.29) is 31.1 Å². The van der Waals surface area contributed by atoms with Crippen molar-refractivity contribution in [3.05, 3.63) is 85.1 Å². The topological polar surface area (TPSA) is 78.9 Å². The molecule has 0 heterocycles. The Morgan fingerprint density at radius 3 is 0.887 bits per heavy atom. The fourth-order valence-corrected chi connectivity index (χ4v) is 8.34. The second kappa shape index (κ2) is 59.2. The van der Waals surface area contributed by atoms with Crippen LogP contribution in [0.1, 0.15) is 290 Å². The Kier molecular flexibility index (Phi) is 56.3. The molecular weight excluding hydrogens is 877 g/mol. The van der Waals surface area contributed by atoms with Gasteiger partial charge in [0.1, 0.15) is 13.2 Å². The van der Waals surface area contributed by atoms with Crippen molar-refractivity contribution < 1.29 is 28.6 Å². The number of unbranched alkanes of at least 4 members (excludes halogenated alkanes) is 29. The normalized spacial score (nSPS) is 12.7. The lowest BCUT2D eigenvalue weighted by Gasteiger charge is -2.18. The Balaban J connectivity index is 4.40. The summed E-state index contributed by atoms with van der Waals surface area (Å²) in [6.07, 6.45) is 77.1. The maximum Gasteiger partial charge on any atom is 0.306 e. The standard InChI is InChI=1S/C65H112O6/c1-4-7-10-13-16-19-22-25-28-30-31-32-33-35-37-40-43-46-49-52-55-58-64(67)70-61-62(60-69-63(66)57-54-51-48-45-42-39-36-27-24-21-18-15-12-9-6-3)71-65(68)59-56-53-50-47-44-41-38-34-29-26-23-20-17-14-11-8-5-2/h8,11,17-18,20-22,25-27,29-31,36,62H,4-7,9-10,12-16,19,23-24,28,32-35,37-61H2,1-3H3/b11-8-,20-17-,21-18-,25-22-,29-26-,31-30-,36-27-. The number of allylic oxidation sites excluding steroid dienone is 14. The van der Waals surface area contributed by atoms with Crippen molar-refractivity contribution in [2.45, 2.75) is 297 Å². The van der Waals surface area contributed by atoms with Gasteiger partial charge in [-0.15, -0.1) is 0 Å². The Morgan fingerprint density at radius 2 is 0.549 bits per heavy atom. The van der Waals surface area contributed by atoms with E-state index in [0.29, 0.717) is 19.3 Å². The molecule has 0 aliphatic carbocycles. The van der Waals surface area contributed by atoms with E-state index in [4.69, 9.17) is 14.2 Å². The molecule has 0 saturated heterocycles. The van der Waals surface area contributed by atoms with E-state index < -0.39 is 6.10 Å². The summed E-state index contributed by atoms with van der Waals surface area (Å²) >= 11 is 0. The summed E-state index contributed by atoms with van der Waals surface area (Å²) in [5.41, 5.74) is 0. The van der Waals surface area contributed by atoms with Crippen LogP contribution in [0.2, 0.25) is 0 Å². The van der Waals surface area contributed by atoms with Crippen LogP contribution in [-0.4, -0.2) is 37.2 Å². The van der Waals surface area contributed by atoms with Crippen LogP contribution in [0.25, 0.3) is 0 Å². The van der Waals surface area contributed by atoms with E-state index in [1.165, 1.54) is 141 Å². The second-order valence-corrected chi connectivity index (χ2v) is 19.9. The Hall–Kier alpha value is -3.41. The average Bonchev–Trinajstić information content (AvgIpc) is 3.37. The number of carbonyl (C=O) groups is 3. The minimum Gasteiger partial charge on any atom is -0.462 e. The molecule has 71 heavy (non-hydrogen) atoms. The summed E-state index contributed by atoms with van der Waals surface area (Å²) < 4.78 is 16.9. The SMILES string of the molecule is CC/C=C\C/C=C\C/C=C\CCCCCCCCCC(=O)OC(COC(=O)CCCCCCC/C=C\C/C=C\CCCCC)COC(=O)CCCCCCCCCCC/C=C\C/C=C\CCCCCCC. The molecule has 0 rings (SSSR count). The van der Waals surface area contributed by atoms with Crippen LogP contribution < -0.4 is 0 Å². The highest BCUT2D eigenvalue weighted by Gasteiger charge is 2.19. The first-order valence-electron chi connectivity index (χ1n) is 30.1. The molecule has 0 spiro atoms. The molecule has 0 aromatic heterocycles. The van der Waals surface area contributed by atoms with Gasteiger partial charge >= 0.3 is 17.9 Å². The van der Waals surface area contributed by atoms with Gasteiger partial charge in [-0.1, -0.05) is 241 Å². The Labute approximate surface area is 439 Å². The second-order valence-electron chi connectivity index (χ2n) is 19.9. The molecule has 408 valence electrons. The predicted molar refractivity (Wildman–Crippen MR) is 307 cm³/mol. The van der Waals surface area contributed by atoms with Crippen molar-refractivity contribution in [1.82, 2.24) is 0 Å². The number of carbonyl (C=O) groups excluding carboxylic acids is 3.